The summed E-state index contributed by atoms with van der Waals surface area (Å²) in [6.45, 7) is 3.82. The minimum absolute atomic E-state index is 0.0186. The van der Waals surface area contributed by atoms with Crippen LogP contribution >= 0.6 is 0 Å². The Morgan fingerprint density at radius 1 is 0.879 bits per heavy atom. The minimum Gasteiger partial charge on any atom is -0.506 e. The number of benzene rings is 3. The molecule has 0 spiro atoms. The van der Waals surface area contributed by atoms with E-state index in [0.29, 0.717) is 22.7 Å². The number of rotatable bonds is 5. The van der Waals surface area contributed by atoms with E-state index in [2.05, 4.69) is 0 Å². The largest absolute Gasteiger partial charge is 0.506 e. The van der Waals surface area contributed by atoms with Crippen LogP contribution in [-0.4, -0.2) is 31.0 Å². The molecule has 0 radical (unpaired) electrons. The van der Waals surface area contributed by atoms with Crippen molar-refractivity contribution in [2.45, 2.75) is 19.9 Å². The molecule has 1 heterocycles. The van der Waals surface area contributed by atoms with Gasteiger partial charge < -0.3 is 14.6 Å². The van der Waals surface area contributed by atoms with E-state index in [-0.39, 0.29) is 16.9 Å². The van der Waals surface area contributed by atoms with Crippen LogP contribution in [0.5, 0.6) is 11.5 Å². The molecule has 4 rings (SSSR count). The van der Waals surface area contributed by atoms with Crippen LogP contribution < -0.4 is 14.4 Å². The third kappa shape index (κ3) is 3.74. The first-order valence-corrected chi connectivity index (χ1v) is 10.5. The van der Waals surface area contributed by atoms with Crippen molar-refractivity contribution in [1.82, 2.24) is 0 Å². The lowest BCUT2D eigenvalue weighted by Gasteiger charge is -2.27. The maximum Gasteiger partial charge on any atom is 0.300 e. The second-order valence-corrected chi connectivity index (χ2v) is 7.91. The monoisotopic (exact) mass is 443 g/mol. The highest BCUT2D eigenvalue weighted by Crippen LogP contribution is 2.45. The Morgan fingerprint density at radius 3 is 2.12 bits per heavy atom. The normalized spacial score (nSPS) is 17.3. The van der Waals surface area contributed by atoms with Gasteiger partial charge >= 0.3 is 0 Å². The Kier molecular flexibility index (Phi) is 5.92. The number of aryl methyl sites for hydroxylation is 2. The summed E-state index contributed by atoms with van der Waals surface area (Å²) in [4.78, 5) is 28.2. The van der Waals surface area contributed by atoms with Gasteiger partial charge in [0.15, 0.2) is 0 Å². The van der Waals surface area contributed by atoms with Gasteiger partial charge in [0.25, 0.3) is 11.7 Å². The van der Waals surface area contributed by atoms with E-state index in [0.717, 1.165) is 11.1 Å². The van der Waals surface area contributed by atoms with Crippen molar-refractivity contribution in [3.63, 3.8) is 0 Å². The van der Waals surface area contributed by atoms with E-state index in [1.54, 1.807) is 18.2 Å². The standard InChI is InChI=1S/C27H25NO5/c1-16-13-14-17(2)19(15-16)28-24(18-9-6-5-7-10-18)23(26(30)27(28)31)25(29)22-20(32-3)11-8-12-21(22)33-4/h5-15,24,29H,1-4H3/b25-23+. The molecule has 0 saturated carbocycles. The van der Waals surface area contributed by atoms with Crippen LogP contribution in [0.1, 0.15) is 28.3 Å². The van der Waals surface area contributed by atoms with Crippen LogP contribution in [0.3, 0.4) is 0 Å². The van der Waals surface area contributed by atoms with E-state index >= 15 is 0 Å². The van der Waals surface area contributed by atoms with Crippen LogP contribution in [-0.2, 0) is 9.59 Å². The molecule has 0 bridgehead atoms. The zero-order valence-corrected chi connectivity index (χ0v) is 19.0. The summed E-state index contributed by atoms with van der Waals surface area (Å²) < 4.78 is 10.9. The second-order valence-electron chi connectivity index (χ2n) is 7.91. The molecule has 168 valence electrons. The summed E-state index contributed by atoms with van der Waals surface area (Å²) in [5.74, 6) is -1.15. The van der Waals surface area contributed by atoms with Crippen molar-refractivity contribution in [2.75, 3.05) is 19.1 Å². The van der Waals surface area contributed by atoms with Gasteiger partial charge in [-0.3, -0.25) is 14.5 Å². The van der Waals surface area contributed by atoms with Gasteiger partial charge in [-0.2, -0.15) is 0 Å². The maximum atomic E-state index is 13.4. The molecule has 33 heavy (non-hydrogen) atoms. The molecule has 1 amide bonds. The summed E-state index contributed by atoms with van der Waals surface area (Å²) in [5.41, 5.74) is 3.33. The Hall–Kier alpha value is -4.06. The van der Waals surface area contributed by atoms with Crippen molar-refractivity contribution in [3.8, 4) is 11.5 Å². The van der Waals surface area contributed by atoms with Gasteiger partial charge in [0.1, 0.15) is 22.8 Å². The number of methoxy groups -OCH3 is 2. The van der Waals surface area contributed by atoms with E-state index in [1.165, 1.54) is 19.1 Å². The van der Waals surface area contributed by atoms with Gasteiger partial charge in [0, 0.05) is 5.69 Å². The van der Waals surface area contributed by atoms with Crippen LogP contribution in [0.4, 0.5) is 5.69 Å². The average Bonchev–Trinajstić information content (AvgIpc) is 3.10. The Balaban J connectivity index is 2.03. The summed E-state index contributed by atoms with van der Waals surface area (Å²) in [6, 6.07) is 19.2. The minimum atomic E-state index is -0.818. The maximum absolute atomic E-state index is 13.4. The van der Waals surface area contributed by atoms with E-state index in [4.69, 9.17) is 9.47 Å². The predicted molar refractivity (Wildman–Crippen MR) is 127 cm³/mol. The number of amides is 1. The molecule has 1 aliphatic rings. The number of carbonyl (C=O) groups is 2. The molecular formula is C27H25NO5. The molecule has 1 aliphatic heterocycles. The molecule has 0 aliphatic carbocycles. The fraction of sp³-hybridized carbons (Fsp3) is 0.185. The average molecular weight is 443 g/mol. The number of ether oxygens (including phenoxy) is 2. The number of carbonyl (C=O) groups excluding carboxylic acids is 2. The number of Topliss-reactive ketones (excluding diaryl/α,β-unsaturated/α-hetero) is 1. The zero-order chi connectivity index (χ0) is 23.7. The number of anilines is 1. The van der Waals surface area contributed by atoms with E-state index in [9.17, 15) is 14.7 Å². The summed E-state index contributed by atoms with van der Waals surface area (Å²) in [7, 11) is 2.93. The van der Waals surface area contributed by atoms with Crippen LogP contribution in [0.25, 0.3) is 5.76 Å². The van der Waals surface area contributed by atoms with Crippen molar-refractivity contribution in [2.24, 2.45) is 0 Å². The second kappa shape index (κ2) is 8.82. The van der Waals surface area contributed by atoms with Gasteiger partial charge in [-0.25, -0.2) is 0 Å². The van der Waals surface area contributed by atoms with Gasteiger partial charge in [0.05, 0.1) is 25.8 Å². The molecule has 0 aromatic heterocycles. The fourth-order valence-corrected chi connectivity index (χ4v) is 4.23. The lowest BCUT2D eigenvalue weighted by molar-refractivity contribution is -0.132. The van der Waals surface area contributed by atoms with Gasteiger partial charge in [-0.05, 0) is 48.7 Å². The quantitative estimate of drug-likeness (QED) is 0.343. The number of ketones is 1. The van der Waals surface area contributed by atoms with Crippen molar-refractivity contribution < 1.29 is 24.2 Å². The molecule has 3 aromatic rings. The number of nitrogens with zero attached hydrogens (tertiary/aromatic N) is 1. The molecule has 1 saturated heterocycles. The van der Waals surface area contributed by atoms with E-state index in [1.807, 2.05) is 62.4 Å². The predicted octanol–water partition coefficient (Wildman–Crippen LogP) is 4.95. The molecule has 1 unspecified atom stereocenters. The lowest BCUT2D eigenvalue weighted by Crippen LogP contribution is -2.30. The number of hydrogen-bond acceptors (Lipinski definition) is 5. The van der Waals surface area contributed by atoms with Crippen molar-refractivity contribution in [3.05, 3.63) is 94.6 Å². The molecular weight excluding hydrogens is 418 g/mol. The first kappa shape index (κ1) is 22.1. The molecule has 6 heteroatoms. The number of aliphatic hydroxyl groups is 1. The van der Waals surface area contributed by atoms with Crippen LogP contribution in [0.15, 0.2) is 72.3 Å². The van der Waals surface area contributed by atoms with Crippen molar-refractivity contribution in [1.29, 1.82) is 0 Å². The van der Waals surface area contributed by atoms with Crippen LogP contribution in [0, 0.1) is 13.8 Å². The summed E-state index contributed by atoms with van der Waals surface area (Å²) in [6.07, 6.45) is 0. The van der Waals surface area contributed by atoms with Gasteiger partial charge in [-0.1, -0.05) is 48.5 Å². The molecule has 3 aromatic carbocycles. The Labute approximate surface area is 192 Å². The fourth-order valence-electron chi connectivity index (χ4n) is 4.23. The smallest absolute Gasteiger partial charge is 0.300 e. The molecule has 1 atom stereocenters. The number of aliphatic hydroxyl groups excluding tert-OH is 1. The summed E-state index contributed by atoms with van der Waals surface area (Å²) in [5, 5.41) is 11.5. The highest BCUT2D eigenvalue weighted by molar-refractivity contribution is 6.51. The Morgan fingerprint density at radius 2 is 1.52 bits per heavy atom. The highest BCUT2D eigenvalue weighted by atomic mass is 16.5. The number of hydrogen-bond donors (Lipinski definition) is 1. The first-order chi connectivity index (χ1) is 15.9. The SMILES string of the molecule is COc1cccc(OC)c1/C(O)=C1\C(=O)C(=O)N(c2cc(C)ccc2C)C1c1ccccc1. The third-order valence-electron chi connectivity index (χ3n) is 5.85. The van der Waals surface area contributed by atoms with Crippen molar-refractivity contribution >= 4 is 23.1 Å². The van der Waals surface area contributed by atoms with Gasteiger partial charge in [0.2, 0.25) is 0 Å². The topological polar surface area (TPSA) is 76.1 Å². The zero-order valence-electron chi connectivity index (χ0n) is 19.0. The first-order valence-electron chi connectivity index (χ1n) is 10.5. The molecule has 1 fully saturated rings. The summed E-state index contributed by atoms with van der Waals surface area (Å²) >= 11 is 0. The van der Waals surface area contributed by atoms with Gasteiger partial charge in [-0.15, -0.1) is 0 Å². The highest BCUT2D eigenvalue weighted by Gasteiger charge is 2.47. The molecule has 1 N–H and O–H groups in total. The Bertz CT molecular complexity index is 1240. The lowest BCUT2D eigenvalue weighted by atomic mass is 9.94. The molecule has 6 nitrogen and oxygen atoms in total. The third-order valence-corrected chi connectivity index (χ3v) is 5.85. The van der Waals surface area contributed by atoms with Crippen LogP contribution in [0.2, 0.25) is 0 Å². The van der Waals surface area contributed by atoms with E-state index < -0.39 is 17.7 Å².